The molecule has 0 unspecified atom stereocenters. The van der Waals surface area contributed by atoms with E-state index in [9.17, 15) is 19.3 Å². The second kappa shape index (κ2) is 9.75. The molecule has 2 aliphatic rings. The first-order valence-electron chi connectivity index (χ1n) is 11.9. The predicted octanol–water partition coefficient (Wildman–Crippen LogP) is 5.09. The number of hydrogen-bond acceptors (Lipinski definition) is 6. The number of likely N-dealkylation sites (tertiary alicyclic amines) is 1. The van der Waals surface area contributed by atoms with Crippen molar-refractivity contribution < 1.29 is 23.6 Å². The highest BCUT2D eigenvalue weighted by Crippen LogP contribution is 2.53. The molecule has 0 saturated carbocycles. The standard InChI is InChI=1S/C27H25BrFN3O5/c1-3-36-23-13-17(12-21(28)24(23)37-15-16-8-10-18(29)11-9-16)19-14-31(2)27(25(19)32(34)35)20-6-4-5-7-22(20)30-26(27)33/h4-13,19,25H,3,14-15H2,1-2H3,(H,30,33)/t19-,25+,27-/m0/s1. The minimum absolute atomic E-state index is 0.183. The average molecular weight is 570 g/mol. The summed E-state index contributed by atoms with van der Waals surface area (Å²) in [6, 6.07) is 15.4. The molecule has 5 rings (SSSR count). The molecule has 1 fully saturated rings. The largest absolute Gasteiger partial charge is 0.490 e. The molecule has 3 aromatic carbocycles. The summed E-state index contributed by atoms with van der Waals surface area (Å²) in [5.74, 6) is -0.460. The molecule has 1 N–H and O–H groups in total. The van der Waals surface area contributed by atoms with Crippen LogP contribution in [0, 0.1) is 15.9 Å². The summed E-state index contributed by atoms with van der Waals surface area (Å²) in [7, 11) is 1.75. The van der Waals surface area contributed by atoms with E-state index >= 15 is 0 Å². The quantitative estimate of drug-likeness (QED) is 0.314. The molecule has 2 heterocycles. The molecule has 3 atom stereocenters. The van der Waals surface area contributed by atoms with E-state index in [-0.39, 0.29) is 17.3 Å². The Labute approximate surface area is 221 Å². The summed E-state index contributed by atoms with van der Waals surface area (Å²) in [4.78, 5) is 27.4. The Morgan fingerprint density at radius 3 is 2.62 bits per heavy atom. The van der Waals surface area contributed by atoms with Crippen LogP contribution in [0.2, 0.25) is 0 Å². The van der Waals surface area contributed by atoms with E-state index in [4.69, 9.17) is 9.47 Å². The fourth-order valence-electron chi connectivity index (χ4n) is 5.52. The van der Waals surface area contributed by atoms with E-state index in [1.54, 1.807) is 60.5 Å². The molecule has 0 aromatic heterocycles. The third-order valence-electron chi connectivity index (χ3n) is 7.10. The minimum Gasteiger partial charge on any atom is -0.490 e. The summed E-state index contributed by atoms with van der Waals surface area (Å²) in [6.45, 7) is 2.66. The molecular formula is C27H25BrFN3O5. The smallest absolute Gasteiger partial charge is 0.256 e. The summed E-state index contributed by atoms with van der Waals surface area (Å²) in [5.41, 5.74) is 1.20. The SMILES string of the molecule is CCOc1cc([C@@H]2CN(C)[C@]3(C(=O)Nc4ccccc43)[C@@H]2[N+](=O)[O-])cc(Br)c1OCc1ccc(F)cc1. The number of fused-ring (bicyclic) bond motifs is 2. The summed E-state index contributed by atoms with van der Waals surface area (Å²) >= 11 is 3.56. The topological polar surface area (TPSA) is 93.9 Å². The number of carbonyl (C=O) groups excluding carboxylic acids is 1. The van der Waals surface area contributed by atoms with Crippen molar-refractivity contribution in [3.05, 3.63) is 97.8 Å². The van der Waals surface area contributed by atoms with Crippen molar-refractivity contribution in [3.63, 3.8) is 0 Å². The number of para-hydroxylation sites is 1. The highest BCUT2D eigenvalue weighted by molar-refractivity contribution is 9.10. The van der Waals surface area contributed by atoms with Crippen LogP contribution in [0.1, 0.15) is 29.5 Å². The van der Waals surface area contributed by atoms with Gasteiger partial charge in [0, 0.05) is 22.7 Å². The van der Waals surface area contributed by atoms with Gasteiger partial charge in [-0.2, -0.15) is 0 Å². The van der Waals surface area contributed by atoms with Crippen molar-refractivity contribution >= 4 is 27.5 Å². The van der Waals surface area contributed by atoms with Crippen LogP contribution in [0.4, 0.5) is 10.1 Å². The number of carbonyl (C=O) groups is 1. The summed E-state index contributed by atoms with van der Waals surface area (Å²) < 4.78 is 25.7. The maximum atomic E-state index is 13.4. The van der Waals surface area contributed by atoms with Gasteiger partial charge in [0.05, 0.1) is 17.0 Å². The molecular weight excluding hydrogens is 545 g/mol. The number of nitrogens with zero attached hydrogens (tertiary/aromatic N) is 2. The van der Waals surface area contributed by atoms with E-state index in [1.165, 1.54) is 12.1 Å². The molecule has 0 aliphatic carbocycles. The Hall–Kier alpha value is -3.50. The first-order chi connectivity index (χ1) is 17.8. The Morgan fingerprint density at radius 2 is 1.92 bits per heavy atom. The third-order valence-corrected chi connectivity index (χ3v) is 7.69. The zero-order valence-electron chi connectivity index (χ0n) is 20.2. The maximum absolute atomic E-state index is 13.4. The van der Waals surface area contributed by atoms with Gasteiger partial charge in [-0.15, -0.1) is 0 Å². The van der Waals surface area contributed by atoms with Gasteiger partial charge in [0.2, 0.25) is 0 Å². The second-order valence-corrected chi connectivity index (χ2v) is 10.0. The number of hydrogen-bond donors (Lipinski definition) is 1. The van der Waals surface area contributed by atoms with Crippen LogP contribution in [0.3, 0.4) is 0 Å². The first kappa shape index (κ1) is 25.2. The molecule has 192 valence electrons. The van der Waals surface area contributed by atoms with E-state index in [1.807, 2.05) is 6.92 Å². The number of halogens is 2. The molecule has 2 aliphatic heterocycles. The molecule has 37 heavy (non-hydrogen) atoms. The molecule has 10 heteroatoms. The second-order valence-electron chi connectivity index (χ2n) is 9.16. The van der Waals surface area contributed by atoms with Crippen LogP contribution in [0.25, 0.3) is 0 Å². The lowest BCUT2D eigenvalue weighted by molar-refractivity contribution is -0.534. The highest BCUT2D eigenvalue weighted by Gasteiger charge is 2.68. The lowest BCUT2D eigenvalue weighted by atomic mass is 9.79. The normalized spacial score (nSPS) is 22.6. The lowest BCUT2D eigenvalue weighted by Crippen LogP contribution is -2.54. The number of nitro groups is 1. The fraction of sp³-hybridized carbons (Fsp3) is 0.296. The Morgan fingerprint density at radius 1 is 1.19 bits per heavy atom. The van der Waals surface area contributed by atoms with Gasteiger partial charge >= 0.3 is 0 Å². The monoisotopic (exact) mass is 569 g/mol. The van der Waals surface area contributed by atoms with Crippen molar-refractivity contribution in [3.8, 4) is 11.5 Å². The zero-order chi connectivity index (χ0) is 26.3. The molecule has 1 amide bonds. The minimum atomic E-state index is -1.43. The van der Waals surface area contributed by atoms with Gasteiger partial charge in [-0.25, -0.2) is 4.39 Å². The van der Waals surface area contributed by atoms with Crippen molar-refractivity contribution in [2.24, 2.45) is 0 Å². The van der Waals surface area contributed by atoms with Gasteiger partial charge in [-0.1, -0.05) is 30.3 Å². The van der Waals surface area contributed by atoms with E-state index in [0.29, 0.717) is 45.9 Å². The number of benzene rings is 3. The van der Waals surface area contributed by atoms with Crippen LogP contribution in [0.15, 0.2) is 65.1 Å². The maximum Gasteiger partial charge on any atom is 0.256 e. The number of likely N-dealkylation sites (N-methyl/N-ethyl adjacent to an activating group) is 1. The number of ether oxygens (including phenoxy) is 2. The van der Waals surface area contributed by atoms with Crippen molar-refractivity contribution in [2.45, 2.75) is 31.0 Å². The number of anilines is 1. The first-order valence-corrected chi connectivity index (χ1v) is 12.7. The van der Waals surface area contributed by atoms with Gasteiger partial charge in [0.15, 0.2) is 17.0 Å². The third kappa shape index (κ3) is 4.14. The molecule has 1 spiro atoms. The number of amides is 1. The van der Waals surface area contributed by atoms with Crippen LogP contribution < -0.4 is 14.8 Å². The van der Waals surface area contributed by atoms with Gasteiger partial charge in [0.1, 0.15) is 12.4 Å². The molecule has 0 radical (unpaired) electrons. The molecule has 3 aromatic rings. The average Bonchev–Trinajstić information content (AvgIpc) is 3.34. The number of rotatable bonds is 7. The Kier molecular flexibility index (Phi) is 6.63. The van der Waals surface area contributed by atoms with Crippen LogP contribution in [-0.4, -0.2) is 42.0 Å². The zero-order valence-corrected chi connectivity index (χ0v) is 21.8. The molecule has 0 bridgehead atoms. The van der Waals surface area contributed by atoms with Crippen molar-refractivity contribution in [1.29, 1.82) is 0 Å². The predicted molar refractivity (Wildman–Crippen MR) is 139 cm³/mol. The van der Waals surface area contributed by atoms with Gasteiger partial charge in [-0.3, -0.25) is 19.8 Å². The van der Waals surface area contributed by atoms with Gasteiger partial charge in [-0.05, 0) is 71.4 Å². The van der Waals surface area contributed by atoms with Crippen LogP contribution in [0.5, 0.6) is 11.5 Å². The molecule has 8 nitrogen and oxygen atoms in total. The lowest BCUT2D eigenvalue weighted by Gasteiger charge is -2.30. The van der Waals surface area contributed by atoms with E-state index in [0.717, 1.165) is 5.56 Å². The fourth-order valence-corrected chi connectivity index (χ4v) is 6.10. The van der Waals surface area contributed by atoms with Crippen molar-refractivity contribution in [2.75, 3.05) is 25.5 Å². The summed E-state index contributed by atoms with van der Waals surface area (Å²) in [5, 5.41) is 15.4. The highest BCUT2D eigenvalue weighted by atomic mass is 79.9. The molecule has 1 saturated heterocycles. The van der Waals surface area contributed by atoms with Gasteiger partial charge < -0.3 is 14.8 Å². The van der Waals surface area contributed by atoms with Crippen LogP contribution in [-0.2, 0) is 16.9 Å². The van der Waals surface area contributed by atoms with Crippen molar-refractivity contribution in [1.82, 2.24) is 4.90 Å². The van der Waals surface area contributed by atoms with Gasteiger partial charge in [0.25, 0.3) is 11.9 Å². The van der Waals surface area contributed by atoms with E-state index < -0.39 is 23.4 Å². The van der Waals surface area contributed by atoms with Crippen LogP contribution >= 0.6 is 15.9 Å². The Bertz CT molecular complexity index is 1370. The summed E-state index contributed by atoms with van der Waals surface area (Å²) in [6.07, 6.45) is 0. The Balaban J connectivity index is 1.53. The number of nitrogens with one attached hydrogen (secondary N) is 1. The van der Waals surface area contributed by atoms with E-state index in [2.05, 4.69) is 21.2 Å².